The highest BCUT2D eigenvalue weighted by Gasteiger charge is 2.39. The molecule has 0 bridgehead atoms. The van der Waals surface area contributed by atoms with Crippen LogP contribution in [-0.2, 0) is 14.8 Å². The summed E-state index contributed by atoms with van der Waals surface area (Å²) in [7, 11) is -2.13. The van der Waals surface area contributed by atoms with E-state index in [-0.39, 0.29) is 41.5 Å². The summed E-state index contributed by atoms with van der Waals surface area (Å²) in [6, 6.07) is 8.14. The summed E-state index contributed by atoms with van der Waals surface area (Å²) in [5.41, 5.74) is 1.63. The lowest BCUT2D eigenvalue weighted by atomic mass is 10.0. The number of amides is 1. The summed E-state index contributed by atoms with van der Waals surface area (Å²) in [6.07, 6.45) is 4.81. The number of benzene rings is 1. The van der Waals surface area contributed by atoms with Gasteiger partial charge in [-0.1, -0.05) is 19.1 Å². The minimum absolute atomic E-state index is 0.0588. The van der Waals surface area contributed by atoms with Crippen molar-refractivity contribution in [3.8, 4) is 16.9 Å². The van der Waals surface area contributed by atoms with E-state index >= 15 is 0 Å². The lowest BCUT2D eigenvalue weighted by Gasteiger charge is -2.37. The van der Waals surface area contributed by atoms with E-state index in [4.69, 9.17) is 4.74 Å². The molecule has 1 aliphatic heterocycles. The van der Waals surface area contributed by atoms with Gasteiger partial charge in [-0.3, -0.25) is 9.78 Å². The van der Waals surface area contributed by atoms with Gasteiger partial charge < -0.3 is 14.7 Å². The molecule has 0 saturated heterocycles. The fraction of sp³-hybridized carbons (Fsp3) is 0.500. The largest absolute Gasteiger partial charge is 0.487 e. The Balaban J connectivity index is 1.76. The molecular weight excluding hydrogens is 442 g/mol. The van der Waals surface area contributed by atoms with Crippen LogP contribution in [0, 0.1) is 11.8 Å². The maximum atomic E-state index is 13.6. The van der Waals surface area contributed by atoms with Crippen molar-refractivity contribution in [1.29, 1.82) is 0 Å². The topological polar surface area (TPSA) is 100 Å². The van der Waals surface area contributed by atoms with Crippen molar-refractivity contribution < 1.29 is 23.1 Å². The number of hydrogen-bond donors (Lipinski definition) is 1. The Morgan fingerprint density at radius 1 is 1.30 bits per heavy atom. The van der Waals surface area contributed by atoms with Gasteiger partial charge in [0.25, 0.3) is 0 Å². The zero-order chi connectivity index (χ0) is 23.8. The predicted octanol–water partition coefficient (Wildman–Crippen LogP) is 2.39. The number of hydrogen-bond acceptors (Lipinski definition) is 6. The summed E-state index contributed by atoms with van der Waals surface area (Å²) >= 11 is 0. The number of rotatable bonds is 6. The molecule has 8 nitrogen and oxygen atoms in total. The number of carbonyl (C=O) groups excluding carboxylic acids is 1. The molecule has 33 heavy (non-hydrogen) atoms. The fourth-order valence-corrected chi connectivity index (χ4v) is 5.98. The third-order valence-corrected chi connectivity index (χ3v) is 8.44. The molecule has 4 rings (SSSR count). The molecule has 3 atom stereocenters. The van der Waals surface area contributed by atoms with Crippen LogP contribution in [0.4, 0.5) is 0 Å². The maximum Gasteiger partial charge on any atom is 0.247 e. The standard InChI is InChI=1S/C24H31N3O5S/c1-16-13-27(17(2)15-28)33(30,31)23-9-8-19(20-5-4-10-25-12-20)11-21(23)32-22(16)14-26(3)24(29)18-6-7-18/h4-5,8-12,16-18,22,28H,6-7,13-15H2,1-3H3/t16-,17+,22+/m0/s1. The van der Waals surface area contributed by atoms with Gasteiger partial charge in [0.15, 0.2) is 0 Å². The highest BCUT2D eigenvalue weighted by atomic mass is 32.2. The molecule has 1 fully saturated rings. The summed E-state index contributed by atoms with van der Waals surface area (Å²) in [6.45, 7) is 3.86. The number of aliphatic hydroxyl groups is 1. The highest BCUT2D eigenvalue weighted by Crippen LogP contribution is 2.37. The molecule has 1 saturated carbocycles. The van der Waals surface area contributed by atoms with Crippen molar-refractivity contribution in [2.75, 3.05) is 26.7 Å². The third kappa shape index (κ3) is 4.90. The molecule has 2 aromatic rings. The van der Waals surface area contributed by atoms with Gasteiger partial charge in [-0.15, -0.1) is 0 Å². The smallest absolute Gasteiger partial charge is 0.247 e. The number of sulfonamides is 1. The minimum Gasteiger partial charge on any atom is -0.487 e. The quantitative estimate of drug-likeness (QED) is 0.692. The van der Waals surface area contributed by atoms with Crippen LogP contribution in [0.25, 0.3) is 11.1 Å². The normalized spacial score (nSPS) is 23.5. The van der Waals surface area contributed by atoms with Crippen LogP contribution in [0.15, 0.2) is 47.6 Å². The Labute approximate surface area is 195 Å². The van der Waals surface area contributed by atoms with Crippen molar-refractivity contribution in [3.05, 3.63) is 42.7 Å². The first-order chi connectivity index (χ1) is 15.7. The zero-order valence-electron chi connectivity index (χ0n) is 19.2. The van der Waals surface area contributed by atoms with Gasteiger partial charge in [0.1, 0.15) is 16.7 Å². The molecule has 9 heteroatoms. The third-order valence-electron chi connectivity index (χ3n) is 6.42. The van der Waals surface area contributed by atoms with Crippen molar-refractivity contribution in [2.24, 2.45) is 11.8 Å². The number of aromatic nitrogens is 1. The summed E-state index contributed by atoms with van der Waals surface area (Å²) in [4.78, 5) is 18.5. The second-order valence-electron chi connectivity index (χ2n) is 9.14. The molecule has 2 heterocycles. The Morgan fingerprint density at radius 3 is 2.70 bits per heavy atom. The van der Waals surface area contributed by atoms with E-state index in [1.54, 1.807) is 49.5 Å². The molecule has 1 aromatic heterocycles. The first-order valence-corrected chi connectivity index (χ1v) is 12.7. The van der Waals surface area contributed by atoms with Gasteiger partial charge >= 0.3 is 0 Å². The Morgan fingerprint density at radius 2 is 2.06 bits per heavy atom. The van der Waals surface area contributed by atoms with E-state index in [9.17, 15) is 18.3 Å². The second kappa shape index (κ2) is 9.40. The van der Waals surface area contributed by atoms with Gasteiger partial charge in [-0.05, 0) is 43.5 Å². The molecule has 1 aliphatic carbocycles. The first-order valence-electron chi connectivity index (χ1n) is 11.3. The van der Waals surface area contributed by atoms with Crippen LogP contribution in [0.3, 0.4) is 0 Å². The lowest BCUT2D eigenvalue weighted by molar-refractivity contribution is -0.132. The highest BCUT2D eigenvalue weighted by molar-refractivity contribution is 7.89. The van der Waals surface area contributed by atoms with E-state index < -0.39 is 22.2 Å². The van der Waals surface area contributed by atoms with Crippen molar-refractivity contribution >= 4 is 15.9 Å². The average molecular weight is 474 g/mol. The number of ether oxygens (including phenoxy) is 1. The summed E-state index contributed by atoms with van der Waals surface area (Å²) < 4.78 is 34.8. The minimum atomic E-state index is -3.91. The van der Waals surface area contributed by atoms with Gasteiger partial charge in [-0.25, -0.2) is 8.42 Å². The SMILES string of the molecule is C[C@H](CO)N1C[C@H](C)[C@@H](CN(C)C(=O)C2CC2)Oc2cc(-c3cccnc3)ccc2S1(=O)=O. The van der Waals surface area contributed by atoms with Gasteiger partial charge in [0.05, 0.1) is 13.2 Å². The number of pyridine rings is 1. The number of carbonyl (C=O) groups is 1. The number of fused-ring (bicyclic) bond motifs is 1. The van der Waals surface area contributed by atoms with Crippen molar-refractivity contribution in [2.45, 2.75) is 43.7 Å². The van der Waals surface area contributed by atoms with Gasteiger partial charge in [-0.2, -0.15) is 4.31 Å². The fourth-order valence-electron chi connectivity index (χ4n) is 4.16. The summed E-state index contributed by atoms with van der Waals surface area (Å²) in [5.74, 6) is 0.230. The predicted molar refractivity (Wildman–Crippen MR) is 124 cm³/mol. The maximum absolute atomic E-state index is 13.6. The van der Waals surface area contributed by atoms with E-state index in [1.165, 1.54) is 4.31 Å². The molecular formula is C24H31N3O5S. The Hall–Kier alpha value is -2.49. The zero-order valence-corrected chi connectivity index (χ0v) is 20.0. The van der Waals surface area contributed by atoms with E-state index in [0.717, 1.165) is 24.0 Å². The van der Waals surface area contributed by atoms with E-state index in [0.29, 0.717) is 6.54 Å². The molecule has 0 spiro atoms. The molecule has 0 unspecified atom stereocenters. The van der Waals surface area contributed by atoms with Crippen LogP contribution in [-0.4, -0.2) is 72.5 Å². The lowest BCUT2D eigenvalue weighted by Crippen LogP contribution is -2.50. The molecule has 178 valence electrons. The van der Waals surface area contributed by atoms with Crippen molar-refractivity contribution in [3.63, 3.8) is 0 Å². The summed E-state index contributed by atoms with van der Waals surface area (Å²) in [5, 5.41) is 9.76. The molecule has 1 aromatic carbocycles. The van der Waals surface area contributed by atoms with Gasteiger partial charge in [0.2, 0.25) is 15.9 Å². The number of aliphatic hydroxyl groups excluding tert-OH is 1. The van der Waals surface area contributed by atoms with Crippen molar-refractivity contribution in [1.82, 2.24) is 14.2 Å². The Kier molecular flexibility index (Phi) is 6.74. The van der Waals surface area contributed by atoms with E-state index in [1.807, 2.05) is 19.1 Å². The average Bonchev–Trinajstić information content (AvgIpc) is 3.66. The molecule has 1 amide bonds. The molecule has 1 N–H and O–H groups in total. The first kappa shape index (κ1) is 23.7. The molecule has 2 aliphatic rings. The number of likely N-dealkylation sites (N-methyl/N-ethyl adjacent to an activating group) is 1. The monoisotopic (exact) mass is 473 g/mol. The van der Waals surface area contributed by atoms with Crippen LogP contribution < -0.4 is 4.74 Å². The number of nitrogens with zero attached hydrogens (tertiary/aromatic N) is 3. The molecule has 0 radical (unpaired) electrons. The van der Waals surface area contributed by atoms with Crippen LogP contribution in [0.2, 0.25) is 0 Å². The second-order valence-corrected chi connectivity index (χ2v) is 11.0. The van der Waals surface area contributed by atoms with Crippen LogP contribution in [0.5, 0.6) is 5.75 Å². The van der Waals surface area contributed by atoms with E-state index in [2.05, 4.69) is 4.98 Å². The van der Waals surface area contributed by atoms with Gasteiger partial charge in [0, 0.05) is 49.4 Å². The van der Waals surface area contributed by atoms with Crippen LogP contribution in [0.1, 0.15) is 26.7 Å². The Bertz CT molecular complexity index is 1100. The van der Waals surface area contributed by atoms with Crippen LogP contribution >= 0.6 is 0 Å².